The van der Waals surface area contributed by atoms with E-state index in [1.165, 1.54) is 6.07 Å². The molecule has 0 atom stereocenters. The van der Waals surface area contributed by atoms with E-state index in [1.54, 1.807) is 0 Å². The predicted molar refractivity (Wildman–Crippen MR) is 27.5 cm³/mol. The van der Waals surface area contributed by atoms with Gasteiger partial charge in [0.2, 0.25) is 0 Å². The Bertz CT molecular complexity index is 104. The molecule has 8 heavy (non-hydrogen) atoms. The van der Waals surface area contributed by atoms with Gasteiger partial charge in [-0.25, -0.2) is 0 Å². The van der Waals surface area contributed by atoms with Crippen molar-refractivity contribution in [3.63, 3.8) is 0 Å². The zero-order valence-corrected chi connectivity index (χ0v) is 9.73. The molecule has 0 fully saturated rings. The molecule has 5 heteroatoms. The summed E-state index contributed by atoms with van der Waals surface area (Å²) in [4.78, 5) is 9.38. The molecule has 0 saturated carbocycles. The van der Waals surface area contributed by atoms with Gasteiger partial charge in [-0.05, 0) is 0 Å². The molecular weight excluding hydrogens is 200 g/mol. The molecule has 0 amide bonds. The monoisotopic (exact) mass is 207 g/mol. The van der Waals surface area contributed by atoms with Gasteiger partial charge in [0, 0.05) is 0 Å². The molecule has 0 spiro atoms. The van der Waals surface area contributed by atoms with Crippen LogP contribution >= 0.6 is 0 Å². The summed E-state index contributed by atoms with van der Waals surface area (Å²) in [5.74, 6) is -1.07. The van der Waals surface area contributed by atoms with E-state index in [-0.39, 0.29) is 69.9 Å². The Labute approximate surface area is 102 Å². The predicted octanol–water partition coefficient (Wildman–Crippen LogP) is -3.82. The molecule has 0 bridgehead atoms. The van der Waals surface area contributed by atoms with Crippen molar-refractivity contribution >= 4 is 23.0 Å². The van der Waals surface area contributed by atoms with Crippen LogP contribution in [-0.4, -0.2) is 28.1 Å². The van der Waals surface area contributed by atoms with Crippen molar-refractivity contribution in [3.05, 3.63) is 0 Å². The van der Waals surface area contributed by atoms with E-state index < -0.39 is 12.4 Å². The molecular formula is C3H6KNO2Se. The SMILES string of the molecule is N#CCC(=O)O.[H-].[K+].[SeH2]. The summed E-state index contributed by atoms with van der Waals surface area (Å²) in [7, 11) is 0. The van der Waals surface area contributed by atoms with Crippen molar-refractivity contribution in [2.75, 3.05) is 0 Å². The Kier molecular flexibility index (Phi) is 22.0. The molecule has 3 nitrogen and oxygen atoms in total. The Morgan fingerprint density at radius 3 is 2.25 bits per heavy atom. The van der Waals surface area contributed by atoms with E-state index in [4.69, 9.17) is 10.4 Å². The minimum absolute atomic E-state index is 0. The zero-order valence-electron chi connectivity index (χ0n) is 5.51. The van der Waals surface area contributed by atoms with Gasteiger partial charge in [-0.2, -0.15) is 5.26 Å². The summed E-state index contributed by atoms with van der Waals surface area (Å²) in [5, 5.41) is 15.3. The topological polar surface area (TPSA) is 61.1 Å². The van der Waals surface area contributed by atoms with Gasteiger partial charge < -0.3 is 6.53 Å². The molecule has 0 aromatic rings. The second-order valence-corrected chi connectivity index (χ2v) is 0.729. The Morgan fingerprint density at radius 2 is 2.25 bits per heavy atom. The molecule has 0 aliphatic rings. The first-order chi connectivity index (χ1) is 2.77. The van der Waals surface area contributed by atoms with Gasteiger partial charge in [0.1, 0.15) is 6.42 Å². The van der Waals surface area contributed by atoms with Gasteiger partial charge in [0.25, 0.3) is 0 Å². The minimum atomic E-state index is -1.07. The summed E-state index contributed by atoms with van der Waals surface area (Å²) in [6.45, 7) is 0. The van der Waals surface area contributed by atoms with Crippen LogP contribution in [0.2, 0.25) is 0 Å². The maximum atomic E-state index is 9.38. The van der Waals surface area contributed by atoms with E-state index in [1.807, 2.05) is 0 Å². The Morgan fingerprint density at radius 1 is 1.88 bits per heavy atom. The van der Waals surface area contributed by atoms with Crippen LogP contribution in [0.3, 0.4) is 0 Å². The fourth-order valence-corrected chi connectivity index (χ4v) is 0.0676. The van der Waals surface area contributed by atoms with Crippen LogP contribution in [0.25, 0.3) is 0 Å². The van der Waals surface area contributed by atoms with E-state index in [2.05, 4.69) is 0 Å². The molecule has 0 radical (unpaired) electrons. The number of carboxylic acids is 1. The average Bonchev–Trinajstić information content (AvgIpc) is 1.35. The molecule has 0 rings (SSSR count). The number of nitrogens with zero attached hydrogens (tertiary/aromatic N) is 1. The second-order valence-electron chi connectivity index (χ2n) is 0.729. The van der Waals surface area contributed by atoms with Crippen molar-refractivity contribution in [2.45, 2.75) is 6.42 Å². The zero-order chi connectivity index (χ0) is 4.99. The van der Waals surface area contributed by atoms with Gasteiger partial charge in [0.15, 0.2) is 0 Å². The number of hydrogen-bond donors (Lipinski definition) is 1. The third-order valence-corrected chi connectivity index (χ3v) is 0.230. The third kappa shape index (κ3) is 15.7. The van der Waals surface area contributed by atoms with Gasteiger partial charge >= 0.3 is 74.4 Å². The normalized spacial score (nSPS) is 4.88. The van der Waals surface area contributed by atoms with Crippen molar-refractivity contribution in [2.24, 2.45) is 0 Å². The molecule has 0 aromatic carbocycles. The molecule has 42 valence electrons. The van der Waals surface area contributed by atoms with Crippen LogP contribution < -0.4 is 51.4 Å². The van der Waals surface area contributed by atoms with Crippen molar-refractivity contribution < 1.29 is 62.7 Å². The van der Waals surface area contributed by atoms with E-state index in [9.17, 15) is 4.79 Å². The standard InChI is InChI=1S/C3H3NO2.K.H2Se.H/c4-2-1-3(5)6;;;/h1H2,(H,5,6);;1H2;/q;+1;;-1. The molecule has 0 saturated heterocycles. The van der Waals surface area contributed by atoms with Gasteiger partial charge in [-0.15, -0.1) is 0 Å². The fourth-order valence-electron chi connectivity index (χ4n) is 0.0676. The first-order valence-electron chi connectivity index (χ1n) is 1.36. The number of carboxylic acid groups (broad SMARTS) is 1. The third-order valence-electron chi connectivity index (χ3n) is 0.230. The maximum absolute atomic E-state index is 9.38. The summed E-state index contributed by atoms with van der Waals surface area (Å²) in [6.07, 6.45) is -0.403. The molecule has 0 unspecified atom stereocenters. The second kappa shape index (κ2) is 11.0. The molecule has 0 aromatic heterocycles. The summed E-state index contributed by atoms with van der Waals surface area (Å²) >= 11 is 0. The number of aliphatic carboxylic acids is 1. The molecule has 0 heterocycles. The summed E-state index contributed by atoms with van der Waals surface area (Å²) in [5.41, 5.74) is 0. The van der Waals surface area contributed by atoms with Gasteiger partial charge in [-0.1, -0.05) is 0 Å². The van der Waals surface area contributed by atoms with Crippen molar-refractivity contribution in [1.29, 1.82) is 5.26 Å². The number of hydrogen-bond acceptors (Lipinski definition) is 2. The van der Waals surface area contributed by atoms with Gasteiger partial charge in [0.05, 0.1) is 6.07 Å². The Hall–Kier alpha value is 1.12. The Balaban J connectivity index is -0.0000000417. The summed E-state index contributed by atoms with van der Waals surface area (Å²) in [6, 6.07) is 1.47. The number of nitriles is 1. The fraction of sp³-hybridized carbons (Fsp3) is 0.333. The van der Waals surface area contributed by atoms with Crippen LogP contribution in [-0.2, 0) is 4.79 Å². The van der Waals surface area contributed by atoms with Crippen LogP contribution in [0.1, 0.15) is 7.85 Å². The van der Waals surface area contributed by atoms with Crippen LogP contribution in [0.15, 0.2) is 0 Å². The van der Waals surface area contributed by atoms with E-state index in [0.717, 1.165) is 0 Å². The molecule has 1 N–H and O–H groups in total. The first-order valence-corrected chi connectivity index (χ1v) is 1.36. The van der Waals surface area contributed by atoms with Crippen LogP contribution in [0.5, 0.6) is 0 Å². The van der Waals surface area contributed by atoms with Gasteiger partial charge in [-0.3, -0.25) is 4.79 Å². The average molecular weight is 206 g/mol. The van der Waals surface area contributed by atoms with Crippen LogP contribution in [0.4, 0.5) is 0 Å². The molecule has 0 aliphatic carbocycles. The van der Waals surface area contributed by atoms with E-state index >= 15 is 0 Å². The van der Waals surface area contributed by atoms with Crippen molar-refractivity contribution in [3.8, 4) is 6.07 Å². The number of carbonyl (C=O) groups is 1. The van der Waals surface area contributed by atoms with E-state index in [0.29, 0.717) is 0 Å². The number of rotatable bonds is 1. The first kappa shape index (κ1) is 16.1. The summed E-state index contributed by atoms with van der Waals surface area (Å²) < 4.78 is 0. The molecule has 0 aliphatic heterocycles. The van der Waals surface area contributed by atoms with Crippen molar-refractivity contribution in [1.82, 2.24) is 0 Å². The van der Waals surface area contributed by atoms with Crippen LogP contribution in [0, 0.1) is 11.3 Å². The quantitative estimate of drug-likeness (QED) is 0.447.